The third-order valence-electron chi connectivity index (χ3n) is 9.71. The topological polar surface area (TPSA) is 96.5 Å². The van der Waals surface area contributed by atoms with Crippen LogP contribution in [0.3, 0.4) is 0 Å². The number of amides is 1. The maximum Gasteiger partial charge on any atom is 0.336 e. The normalized spacial score (nSPS) is 14.1. The standard InChI is InChI=1S/C41H40Cl2N4O4/c1-23-21-27(22-24(2)37(23)43)51-20-9-14-30-31-16-17-33(42)36(35(25(3)44-5)26(4)45-6)38(31)47-19-10-18-46(40(48)39(30)47)34-15-8-11-28-29(34)12-7-13-32(28)41(49)50/h7-8,11-13,15-17,21-22H,5,9-10,14,18-20H2,1-4,6H3,(H,49,50)/b35-25+,45-26?. The molecule has 10 heteroatoms. The molecule has 8 nitrogen and oxygen atoms in total. The van der Waals surface area contributed by atoms with Crippen LogP contribution in [0.4, 0.5) is 5.69 Å². The van der Waals surface area contributed by atoms with Crippen LogP contribution in [-0.2, 0) is 13.0 Å². The number of aromatic nitrogens is 1. The molecule has 0 atom stereocenters. The molecule has 0 radical (unpaired) electrons. The average molecular weight is 724 g/mol. The number of aliphatic imine (C=N–C) groups is 2. The molecule has 0 saturated heterocycles. The summed E-state index contributed by atoms with van der Waals surface area (Å²) in [5.74, 6) is -0.430. The van der Waals surface area contributed by atoms with Gasteiger partial charge < -0.3 is 19.3 Å². The van der Waals surface area contributed by atoms with Gasteiger partial charge in [0.2, 0.25) is 0 Å². The van der Waals surface area contributed by atoms with Gasteiger partial charge in [0.15, 0.2) is 0 Å². The first kappa shape index (κ1) is 35.9. The second-order valence-corrected chi connectivity index (χ2v) is 13.6. The van der Waals surface area contributed by atoms with Crippen LogP contribution >= 0.6 is 23.2 Å². The lowest BCUT2D eigenvalue weighted by atomic mass is 9.95. The van der Waals surface area contributed by atoms with Crippen molar-refractivity contribution in [2.75, 3.05) is 25.1 Å². The molecule has 262 valence electrons. The Morgan fingerprint density at radius 3 is 2.37 bits per heavy atom. The van der Waals surface area contributed by atoms with Crippen molar-refractivity contribution in [3.63, 3.8) is 0 Å². The fourth-order valence-electron chi connectivity index (χ4n) is 7.26. The Morgan fingerprint density at radius 1 is 0.980 bits per heavy atom. The van der Waals surface area contributed by atoms with Crippen molar-refractivity contribution >= 4 is 80.4 Å². The molecular formula is C41H40Cl2N4O4. The molecule has 1 aliphatic heterocycles. The van der Waals surface area contributed by atoms with Crippen molar-refractivity contribution < 1.29 is 19.4 Å². The predicted molar refractivity (Wildman–Crippen MR) is 210 cm³/mol. The van der Waals surface area contributed by atoms with E-state index in [0.29, 0.717) is 71.8 Å². The number of fused-ring (bicyclic) bond motifs is 4. The number of carbonyl (C=O) groups excluding carboxylic acids is 1. The van der Waals surface area contributed by atoms with E-state index in [4.69, 9.17) is 27.9 Å². The van der Waals surface area contributed by atoms with E-state index < -0.39 is 5.97 Å². The van der Waals surface area contributed by atoms with Crippen LogP contribution in [0.5, 0.6) is 5.75 Å². The number of anilines is 1. The summed E-state index contributed by atoms with van der Waals surface area (Å²) in [4.78, 5) is 37.7. The van der Waals surface area contributed by atoms with Gasteiger partial charge in [-0.3, -0.25) is 14.8 Å². The second-order valence-electron chi connectivity index (χ2n) is 12.8. The van der Waals surface area contributed by atoms with Crippen LogP contribution in [0.2, 0.25) is 10.0 Å². The fourth-order valence-corrected chi connectivity index (χ4v) is 7.61. The molecule has 5 aromatic rings. The summed E-state index contributed by atoms with van der Waals surface area (Å²) in [6.45, 7) is 12.9. The van der Waals surface area contributed by atoms with Gasteiger partial charge in [-0.05, 0) is 106 Å². The van der Waals surface area contributed by atoms with E-state index in [1.165, 1.54) is 0 Å². The summed E-state index contributed by atoms with van der Waals surface area (Å²) < 4.78 is 8.30. The molecule has 51 heavy (non-hydrogen) atoms. The van der Waals surface area contributed by atoms with Crippen molar-refractivity contribution in [3.8, 4) is 5.75 Å². The first-order valence-electron chi connectivity index (χ1n) is 16.9. The van der Waals surface area contributed by atoms with E-state index in [9.17, 15) is 9.90 Å². The smallest absolute Gasteiger partial charge is 0.336 e. The highest BCUT2D eigenvalue weighted by atomic mass is 35.5. The van der Waals surface area contributed by atoms with Gasteiger partial charge in [-0.15, -0.1) is 0 Å². The molecule has 1 aliphatic rings. The van der Waals surface area contributed by atoms with Crippen molar-refractivity contribution in [2.45, 2.75) is 53.5 Å². The van der Waals surface area contributed by atoms with Gasteiger partial charge in [0, 0.05) is 58.5 Å². The number of halogens is 2. The molecule has 0 saturated carbocycles. The lowest BCUT2D eigenvalue weighted by molar-refractivity contribution is 0.0698. The maximum atomic E-state index is 15.0. The minimum atomic E-state index is -1.02. The van der Waals surface area contributed by atoms with Gasteiger partial charge in [0.25, 0.3) is 5.91 Å². The van der Waals surface area contributed by atoms with Gasteiger partial charge in [-0.2, -0.15) is 0 Å². The first-order chi connectivity index (χ1) is 24.5. The van der Waals surface area contributed by atoms with Crippen LogP contribution in [-0.4, -0.2) is 54.2 Å². The summed E-state index contributed by atoms with van der Waals surface area (Å²) in [6, 6.07) is 18.4. The molecule has 0 spiro atoms. The summed E-state index contributed by atoms with van der Waals surface area (Å²) in [7, 11) is 1.73. The number of allylic oxidation sites excluding steroid dienone is 2. The predicted octanol–water partition coefficient (Wildman–Crippen LogP) is 10.0. The summed E-state index contributed by atoms with van der Waals surface area (Å²) in [5, 5.41) is 13.4. The van der Waals surface area contributed by atoms with E-state index in [1.807, 2.05) is 70.2 Å². The monoisotopic (exact) mass is 722 g/mol. The molecule has 6 rings (SSSR count). The highest BCUT2D eigenvalue weighted by Gasteiger charge is 2.33. The van der Waals surface area contributed by atoms with E-state index in [1.54, 1.807) is 30.1 Å². The van der Waals surface area contributed by atoms with Crippen LogP contribution in [0.1, 0.15) is 69.8 Å². The SMILES string of the molecule is C=N/C(C)=C(\C(C)=NC)c1c(Cl)ccc2c(CCCOc3cc(C)c(Cl)c(C)c3)c3n(c12)CCCN(c1cccc2c(C(=O)O)cccc12)C3=O. The van der Waals surface area contributed by atoms with Gasteiger partial charge in [0.05, 0.1) is 28.4 Å². The molecule has 2 heterocycles. The number of hydrogen-bond acceptors (Lipinski definition) is 5. The Balaban J connectivity index is 1.52. The van der Waals surface area contributed by atoms with E-state index in [2.05, 4.69) is 21.3 Å². The van der Waals surface area contributed by atoms with Gasteiger partial charge in [-0.1, -0.05) is 53.5 Å². The van der Waals surface area contributed by atoms with Crippen molar-refractivity contribution in [3.05, 3.63) is 110 Å². The number of carbonyl (C=O) groups is 2. The Kier molecular flexibility index (Phi) is 10.4. The number of nitrogens with zero attached hydrogens (tertiary/aromatic N) is 4. The van der Waals surface area contributed by atoms with Crippen molar-refractivity contribution in [1.29, 1.82) is 0 Å². The van der Waals surface area contributed by atoms with E-state index >= 15 is 4.79 Å². The quantitative estimate of drug-likeness (QED) is 0.115. The zero-order chi connectivity index (χ0) is 36.6. The van der Waals surface area contributed by atoms with Crippen LogP contribution in [0, 0.1) is 13.8 Å². The Hall–Kier alpha value is -4.92. The fraction of sp³-hybridized carbons (Fsp3) is 0.268. The summed E-state index contributed by atoms with van der Waals surface area (Å²) in [6.07, 6.45) is 1.85. The van der Waals surface area contributed by atoms with E-state index in [0.717, 1.165) is 55.2 Å². The number of carboxylic acid groups (broad SMARTS) is 1. The molecule has 0 fully saturated rings. The van der Waals surface area contributed by atoms with Gasteiger partial charge in [0.1, 0.15) is 11.4 Å². The highest BCUT2D eigenvalue weighted by Crippen LogP contribution is 2.41. The average Bonchev–Trinajstić information content (AvgIpc) is 3.33. The number of aromatic carboxylic acids is 1. The van der Waals surface area contributed by atoms with Gasteiger partial charge >= 0.3 is 5.97 Å². The Morgan fingerprint density at radius 2 is 1.69 bits per heavy atom. The van der Waals surface area contributed by atoms with Crippen LogP contribution < -0.4 is 9.64 Å². The Labute approximate surface area is 307 Å². The minimum Gasteiger partial charge on any atom is -0.494 e. The zero-order valence-corrected chi connectivity index (χ0v) is 31.0. The van der Waals surface area contributed by atoms with E-state index in [-0.39, 0.29) is 11.5 Å². The highest BCUT2D eigenvalue weighted by molar-refractivity contribution is 6.38. The zero-order valence-electron chi connectivity index (χ0n) is 29.4. The number of hydrogen-bond donors (Lipinski definition) is 1. The molecule has 0 unspecified atom stereocenters. The van der Waals surface area contributed by atoms with Crippen LogP contribution in [0.15, 0.2) is 76.3 Å². The van der Waals surface area contributed by atoms with Crippen molar-refractivity contribution in [2.24, 2.45) is 9.98 Å². The Bertz CT molecular complexity index is 2280. The largest absolute Gasteiger partial charge is 0.494 e. The third-order valence-corrected chi connectivity index (χ3v) is 10.6. The van der Waals surface area contributed by atoms with Crippen molar-refractivity contribution in [1.82, 2.24) is 4.57 Å². The molecule has 0 bridgehead atoms. The number of rotatable bonds is 10. The molecule has 1 N–H and O–H groups in total. The van der Waals surface area contributed by atoms with Crippen LogP contribution in [0.25, 0.3) is 27.2 Å². The molecular weight excluding hydrogens is 683 g/mol. The number of carboxylic acids is 1. The second kappa shape index (κ2) is 14.7. The maximum absolute atomic E-state index is 15.0. The first-order valence-corrected chi connectivity index (χ1v) is 17.7. The number of aryl methyl sites for hydroxylation is 4. The van der Waals surface area contributed by atoms with Gasteiger partial charge in [-0.25, -0.2) is 4.79 Å². The summed E-state index contributed by atoms with van der Waals surface area (Å²) in [5.41, 5.74) is 8.04. The molecule has 1 amide bonds. The third kappa shape index (κ3) is 6.54. The molecule has 0 aliphatic carbocycles. The minimum absolute atomic E-state index is 0.163. The molecule has 1 aromatic heterocycles. The number of ether oxygens (including phenoxy) is 1. The number of benzene rings is 4. The molecule has 4 aromatic carbocycles. The lowest BCUT2D eigenvalue weighted by Crippen LogP contribution is -2.32. The summed E-state index contributed by atoms with van der Waals surface area (Å²) >= 11 is 13.4. The lowest BCUT2D eigenvalue weighted by Gasteiger charge is -2.23.